The number of ether oxygens (including phenoxy) is 2. The van der Waals surface area contributed by atoms with E-state index in [4.69, 9.17) is 13.7 Å². The van der Waals surface area contributed by atoms with Crippen molar-refractivity contribution in [2.45, 2.75) is 51.3 Å². The average Bonchev–Trinajstić information content (AvgIpc) is 2.79. The molecule has 3 aromatic rings. The van der Waals surface area contributed by atoms with Gasteiger partial charge in [-0.3, -0.25) is 0 Å². The summed E-state index contributed by atoms with van der Waals surface area (Å²) in [6, 6.07) is 13.7. The first-order valence-corrected chi connectivity index (χ1v) is 14.8. The maximum atomic E-state index is 12.5. The minimum Gasteiger partial charge on any atom is -0.870 e. The minimum atomic E-state index is -3.87. The fourth-order valence-electron chi connectivity index (χ4n) is 3.28. The van der Waals surface area contributed by atoms with Crippen LogP contribution in [0, 0.1) is 14.1 Å². The van der Waals surface area contributed by atoms with Crippen LogP contribution in [0.3, 0.4) is 0 Å². The molecule has 0 aliphatic carbocycles. The Labute approximate surface area is 275 Å². The molecule has 3 aromatic carbocycles. The van der Waals surface area contributed by atoms with E-state index < -0.39 is 10.1 Å². The van der Waals surface area contributed by atoms with Crippen LogP contribution in [-0.2, 0) is 10.1 Å². The molecule has 0 saturated carbocycles. The van der Waals surface area contributed by atoms with Crippen LogP contribution in [0.4, 0.5) is 0 Å². The summed E-state index contributed by atoms with van der Waals surface area (Å²) in [5, 5.41) is 9.62. The predicted octanol–water partition coefficient (Wildman–Crippen LogP) is 4.46. The summed E-state index contributed by atoms with van der Waals surface area (Å²) in [4.78, 5) is 0.142. The zero-order chi connectivity index (χ0) is 27.2. The Morgan fingerprint density at radius 1 is 0.763 bits per heavy atom. The Morgan fingerprint density at radius 3 is 1.66 bits per heavy atom. The first-order valence-electron chi connectivity index (χ1n) is 11.3. The Morgan fingerprint density at radius 2 is 1.21 bits per heavy atom. The smallest absolute Gasteiger partial charge is 0.870 e. The van der Waals surface area contributed by atoms with Crippen molar-refractivity contribution in [2.75, 3.05) is 14.2 Å². The van der Waals surface area contributed by atoms with E-state index in [9.17, 15) is 13.5 Å². The number of benzene rings is 3. The fraction of sp³-hybridized carbons (Fsp3) is 0.333. The van der Waals surface area contributed by atoms with Gasteiger partial charge in [-0.2, -0.15) is 8.42 Å². The summed E-state index contributed by atoms with van der Waals surface area (Å²) >= 11 is 4.24. The van der Waals surface area contributed by atoms with Crippen molar-refractivity contribution in [1.82, 2.24) is 0 Å². The molecule has 0 amide bonds. The number of hydrogen-bond acceptors (Lipinski definition) is 7. The molecule has 0 unspecified atom stereocenters. The summed E-state index contributed by atoms with van der Waals surface area (Å²) < 4.78 is 42.6. The first kappa shape index (κ1) is 37.2. The zero-order valence-electron chi connectivity index (χ0n) is 22.9. The average molecular weight is 778 g/mol. The maximum Gasteiger partial charge on any atom is 1.00 e. The maximum absolute atomic E-state index is 12.5. The van der Waals surface area contributed by atoms with Gasteiger partial charge in [0, 0.05) is 11.1 Å². The molecular weight excluding hydrogens is 745 g/mol. The summed E-state index contributed by atoms with van der Waals surface area (Å²) in [5.74, 6) is 2.62. The summed E-state index contributed by atoms with van der Waals surface area (Å²) in [5.41, 5.74) is 2.71. The van der Waals surface area contributed by atoms with Crippen LogP contribution in [0.2, 0.25) is 0 Å². The molecule has 2 N–H and O–H groups in total. The van der Waals surface area contributed by atoms with Crippen molar-refractivity contribution in [2.24, 2.45) is 0 Å². The molecule has 0 saturated heterocycles. The van der Waals surface area contributed by atoms with E-state index in [-0.39, 0.29) is 45.8 Å². The van der Waals surface area contributed by atoms with Crippen LogP contribution < -0.4 is 43.2 Å². The van der Waals surface area contributed by atoms with Crippen LogP contribution in [0.1, 0.15) is 56.2 Å². The van der Waals surface area contributed by atoms with E-state index in [1.54, 1.807) is 50.6 Å². The van der Waals surface area contributed by atoms with Gasteiger partial charge in [-0.25, -0.2) is 0 Å². The fourth-order valence-corrected chi connectivity index (χ4v) is 5.56. The van der Waals surface area contributed by atoms with Crippen molar-refractivity contribution in [1.29, 1.82) is 0 Å². The molecule has 3 rings (SSSR count). The molecule has 0 bridgehead atoms. The van der Waals surface area contributed by atoms with Gasteiger partial charge in [0.15, 0.2) is 0 Å². The van der Waals surface area contributed by atoms with Gasteiger partial charge >= 0.3 is 39.7 Å². The third kappa shape index (κ3) is 10.0. The van der Waals surface area contributed by atoms with Gasteiger partial charge < -0.3 is 24.2 Å². The number of aromatic hydroxyl groups is 1. The van der Waals surface area contributed by atoms with Crippen LogP contribution in [0.15, 0.2) is 53.4 Å². The topological polar surface area (TPSA) is 112 Å². The first-order chi connectivity index (χ1) is 16.8. The summed E-state index contributed by atoms with van der Waals surface area (Å²) in [6.45, 7) is 9.95. The molecule has 204 valence electrons. The number of methoxy groups -OCH3 is 2. The van der Waals surface area contributed by atoms with Gasteiger partial charge in [0.25, 0.3) is 0 Å². The molecule has 0 heterocycles. The van der Waals surface area contributed by atoms with Gasteiger partial charge in [0.1, 0.15) is 27.9 Å². The molecule has 0 radical (unpaired) electrons. The number of hydrogen-bond donors (Lipinski definition) is 1. The SMILES string of the molecule is COc1cc(C(C)C)c(O)cc1I.COc1cc(C(C)C)c(OS(=O)(=O)c2ccc(C)cc2)cc1I.[Na+].[OH-]. The van der Waals surface area contributed by atoms with E-state index in [1.807, 2.05) is 46.8 Å². The van der Waals surface area contributed by atoms with Crippen molar-refractivity contribution in [3.05, 3.63) is 72.4 Å². The Hall–Kier alpha value is -0.770. The molecular formula is C27H33I2NaO7S. The van der Waals surface area contributed by atoms with Gasteiger partial charge in [-0.1, -0.05) is 45.4 Å². The summed E-state index contributed by atoms with van der Waals surface area (Å²) in [7, 11) is -0.641. The number of aryl methyl sites for hydroxylation is 1. The molecule has 38 heavy (non-hydrogen) atoms. The molecule has 11 heteroatoms. The van der Waals surface area contributed by atoms with Crippen molar-refractivity contribution >= 4 is 55.3 Å². The van der Waals surface area contributed by atoms with E-state index >= 15 is 0 Å². The van der Waals surface area contributed by atoms with Crippen LogP contribution in [0.25, 0.3) is 0 Å². The Kier molecular flexibility index (Phi) is 16.1. The second-order valence-corrected chi connectivity index (χ2v) is 12.6. The Balaban J connectivity index is 0.000000784. The number of rotatable bonds is 7. The number of phenolic OH excluding ortho intramolecular Hbond substituents is 1. The molecule has 0 aromatic heterocycles. The van der Waals surface area contributed by atoms with E-state index in [1.165, 1.54) is 0 Å². The van der Waals surface area contributed by atoms with Crippen molar-refractivity contribution < 1.29 is 62.2 Å². The number of halogens is 2. The second-order valence-electron chi connectivity index (χ2n) is 8.73. The third-order valence-electron chi connectivity index (χ3n) is 5.34. The van der Waals surface area contributed by atoms with Gasteiger partial charge in [-0.05, 0) is 100 Å². The predicted molar refractivity (Wildman–Crippen MR) is 162 cm³/mol. The third-order valence-corrected chi connectivity index (χ3v) is 8.27. The zero-order valence-corrected chi connectivity index (χ0v) is 30.0. The standard InChI is InChI=1S/C17H19IO4S.C10H13IO2.Na.H2O/c1-11(2)14-9-17(21-4)15(18)10-16(14)22-23(19,20)13-7-5-12(3)6-8-13;1-6(2)7-4-10(13-3)8(11)5-9(7)12;;/h5-11H,1-4H3;4-6,12H,1-3H3;;1H2/q;;+1;/p-1. The van der Waals surface area contributed by atoms with Crippen LogP contribution >= 0.6 is 45.2 Å². The van der Waals surface area contributed by atoms with Crippen molar-refractivity contribution in [3.63, 3.8) is 0 Å². The Bertz CT molecular complexity index is 1300. The van der Waals surface area contributed by atoms with E-state index in [0.717, 1.165) is 29.6 Å². The van der Waals surface area contributed by atoms with Crippen LogP contribution in [-0.4, -0.2) is 33.2 Å². The van der Waals surface area contributed by atoms with Crippen molar-refractivity contribution in [3.8, 4) is 23.0 Å². The normalized spacial score (nSPS) is 10.6. The quantitative estimate of drug-likeness (QED) is 0.215. The van der Waals surface area contributed by atoms with Gasteiger partial charge in [0.2, 0.25) is 0 Å². The number of phenols is 1. The van der Waals surface area contributed by atoms with Gasteiger partial charge in [0.05, 0.1) is 21.4 Å². The second kappa shape index (κ2) is 16.5. The van der Waals surface area contributed by atoms with Gasteiger partial charge in [-0.15, -0.1) is 0 Å². The molecule has 0 fully saturated rings. The monoisotopic (exact) mass is 778 g/mol. The molecule has 0 spiro atoms. The molecule has 7 nitrogen and oxygen atoms in total. The van der Waals surface area contributed by atoms with E-state index in [2.05, 4.69) is 45.2 Å². The minimum absolute atomic E-state index is 0. The molecule has 0 aliphatic rings. The van der Waals surface area contributed by atoms with E-state index in [0.29, 0.717) is 23.2 Å². The molecule has 0 atom stereocenters. The van der Waals surface area contributed by atoms with Crippen LogP contribution in [0.5, 0.6) is 23.0 Å². The molecule has 0 aliphatic heterocycles. The summed E-state index contributed by atoms with van der Waals surface area (Å²) in [6.07, 6.45) is 0. The largest absolute Gasteiger partial charge is 1.00 e.